The molecule has 3 aromatic rings. The Bertz CT molecular complexity index is 884. The molecule has 0 aliphatic carbocycles. The van der Waals surface area contributed by atoms with Crippen LogP contribution in [-0.2, 0) is 6.54 Å². The molecule has 0 saturated heterocycles. The van der Waals surface area contributed by atoms with Crippen LogP contribution in [0.15, 0.2) is 54.7 Å². The number of halogens is 2. The van der Waals surface area contributed by atoms with Crippen molar-refractivity contribution in [3.8, 4) is 0 Å². The van der Waals surface area contributed by atoms with Crippen LogP contribution in [0.2, 0.25) is 5.02 Å². The van der Waals surface area contributed by atoms with Gasteiger partial charge < -0.3 is 5.32 Å². The quantitative estimate of drug-likeness (QED) is 0.476. The first kappa shape index (κ1) is 19.6. The summed E-state index contributed by atoms with van der Waals surface area (Å²) in [5, 5.41) is 5.28. The Morgan fingerprint density at radius 2 is 2.00 bits per heavy atom. The van der Waals surface area contributed by atoms with E-state index in [0.29, 0.717) is 5.02 Å². The first-order valence-corrected chi connectivity index (χ1v) is 9.78. The molecule has 0 radical (unpaired) electrons. The zero-order valence-corrected chi connectivity index (χ0v) is 16.3. The predicted octanol–water partition coefficient (Wildman–Crippen LogP) is 5.74. The van der Waals surface area contributed by atoms with E-state index in [1.165, 1.54) is 6.07 Å². The third-order valence-electron chi connectivity index (χ3n) is 4.51. The largest absolute Gasteiger partial charge is 0.384 e. The van der Waals surface area contributed by atoms with Crippen molar-refractivity contribution < 1.29 is 4.39 Å². The second-order valence-electron chi connectivity index (χ2n) is 6.71. The van der Waals surface area contributed by atoms with Crippen LogP contribution in [-0.4, -0.2) is 29.5 Å². The van der Waals surface area contributed by atoms with Gasteiger partial charge in [0.1, 0.15) is 5.82 Å². The summed E-state index contributed by atoms with van der Waals surface area (Å²) in [5.41, 5.74) is 2.99. The third kappa shape index (κ3) is 5.65. The Labute approximate surface area is 165 Å². The first-order chi connectivity index (χ1) is 13.2. The SMILES string of the molecule is CCCN(CCCNc1ccnc2cc(Cl)ccc12)Cc1cccc(F)c1. The second kappa shape index (κ2) is 9.67. The van der Waals surface area contributed by atoms with E-state index in [-0.39, 0.29) is 5.82 Å². The topological polar surface area (TPSA) is 28.2 Å². The number of hydrogen-bond donors (Lipinski definition) is 1. The molecule has 0 aliphatic rings. The van der Waals surface area contributed by atoms with Crippen LogP contribution < -0.4 is 5.32 Å². The van der Waals surface area contributed by atoms with Crippen molar-refractivity contribution >= 4 is 28.2 Å². The van der Waals surface area contributed by atoms with Crippen LogP contribution in [0.5, 0.6) is 0 Å². The molecule has 2 aromatic carbocycles. The minimum atomic E-state index is -0.171. The van der Waals surface area contributed by atoms with E-state index in [1.54, 1.807) is 18.3 Å². The number of fused-ring (bicyclic) bond motifs is 1. The summed E-state index contributed by atoms with van der Waals surface area (Å²) >= 11 is 6.05. The lowest BCUT2D eigenvalue weighted by Crippen LogP contribution is -2.26. The number of aromatic nitrogens is 1. The van der Waals surface area contributed by atoms with Crippen molar-refractivity contribution in [2.45, 2.75) is 26.3 Å². The van der Waals surface area contributed by atoms with Gasteiger partial charge >= 0.3 is 0 Å². The molecule has 1 heterocycles. The maximum absolute atomic E-state index is 13.4. The zero-order chi connectivity index (χ0) is 19.1. The monoisotopic (exact) mass is 385 g/mol. The summed E-state index contributed by atoms with van der Waals surface area (Å²) in [6, 6.07) is 14.6. The number of nitrogens with zero attached hydrogens (tertiary/aromatic N) is 2. The Morgan fingerprint density at radius 3 is 2.81 bits per heavy atom. The summed E-state index contributed by atoms with van der Waals surface area (Å²) in [7, 11) is 0. The highest BCUT2D eigenvalue weighted by Gasteiger charge is 2.07. The fourth-order valence-corrected chi connectivity index (χ4v) is 3.45. The van der Waals surface area contributed by atoms with Crippen molar-refractivity contribution in [2.24, 2.45) is 0 Å². The molecule has 0 spiro atoms. The summed E-state index contributed by atoms with van der Waals surface area (Å²) in [6.07, 6.45) is 3.89. The van der Waals surface area contributed by atoms with Crippen LogP contribution >= 0.6 is 11.6 Å². The number of pyridine rings is 1. The minimum absolute atomic E-state index is 0.171. The summed E-state index contributed by atoms with van der Waals surface area (Å²) in [5.74, 6) is -0.171. The van der Waals surface area contributed by atoms with Gasteiger partial charge in [0.05, 0.1) is 5.52 Å². The van der Waals surface area contributed by atoms with Crippen molar-refractivity contribution in [3.05, 3.63) is 71.1 Å². The number of rotatable bonds is 9. The Hall–Kier alpha value is -2.17. The van der Waals surface area contributed by atoms with E-state index >= 15 is 0 Å². The number of benzene rings is 2. The molecular formula is C22H25ClFN3. The van der Waals surface area contributed by atoms with E-state index in [4.69, 9.17) is 11.6 Å². The smallest absolute Gasteiger partial charge is 0.123 e. The van der Waals surface area contributed by atoms with Gasteiger partial charge in [-0.3, -0.25) is 9.88 Å². The molecule has 1 aromatic heterocycles. The molecule has 3 nitrogen and oxygen atoms in total. The molecule has 0 unspecified atom stereocenters. The lowest BCUT2D eigenvalue weighted by atomic mass is 10.2. The van der Waals surface area contributed by atoms with Crippen molar-refractivity contribution in [1.29, 1.82) is 0 Å². The molecule has 27 heavy (non-hydrogen) atoms. The van der Waals surface area contributed by atoms with E-state index in [9.17, 15) is 4.39 Å². The summed E-state index contributed by atoms with van der Waals surface area (Å²) in [6.45, 7) is 5.79. The normalized spacial score (nSPS) is 11.3. The standard InChI is InChI=1S/C22H25ClFN3/c1-2-12-27(16-17-5-3-6-19(24)14-17)13-4-10-25-21-9-11-26-22-15-18(23)7-8-20(21)22/h3,5-9,11,14-15H,2,4,10,12-13,16H2,1H3,(H,25,26). The minimum Gasteiger partial charge on any atom is -0.384 e. The third-order valence-corrected chi connectivity index (χ3v) is 4.74. The average Bonchev–Trinajstić information content (AvgIpc) is 2.65. The highest BCUT2D eigenvalue weighted by Crippen LogP contribution is 2.24. The Morgan fingerprint density at radius 1 is 1.11 bits per heavy atom. The lowest BCUT2D eigenvalue weighted by molar-refractivity contribution is 0.265. The number of nitrogens with one attached hydrogen (secondary N) is 1. The fourth-order valence-electron chi connectivity index (χ4n) is 3.28. The zero-order valence-electron chi connectivity index (χ0n) is 15.6. The molecule has 0 amide bonds. The van der Waals surface area contributed by atoms with Gasteiger partial charge in [-0.15, -0.1) is 0 Å². The molecule has 0 atom stereocenters. The fraction of sp³-hybridized carbons (Fsp3) is 0.318. The van der Waals surface area contributed by atoms with Gasteiger partial charge in [-0.05, 0) is 61.3 Å². The molecule has 5 heteroatoms. The highest BCUT2D eigenvalue weighted by molar-refractivity contribution is 6.31. The van der Waals surface area contributed by atoms with Crippen molar-refractivity contribution in [2.75, 3.05) is 25.0 Å². The molecule has 0 fully saturated rings. The molecule has 0 saturated carbocycles. The van der Waals surface area contributed by atoms with E-state index in [0.717, 1.165) is 61.2 Å². The van der Waals surface area contributed by atoms with Gasteiger partial charge in [0.25, 0.3) is 0 Å². The lowest BCUT2D eigenvalue weighted by Gasteiger charge is -2.22. The molecule has 0 aliphatic heterocycles. The van der Waals surface area contributed by atoms with E-state index < -0.39 is 0 Å². The van der Waals surface area contributed by atoms with E-state index in [2.05, 4.69) is 22.1 Å². The van der Waals surface area contributed by atoms with Crippen LogP contribution in [0.4, 0.5) is 10.1 Å². The summed E-state index contributed by atoms with van der Waals surface area (Å²) in [4.78, 5) is 6.75. The molecule has 142 valence electrons. The first-order valence-electron chi connectivity index (χ1n) is 9.40. The molecular weight excluding hydrogens is 361 g/mol. The van der Waals surface area contributed by atoms with Crippen molar-refractivity contribution in [3.63, 3.8) is 0 Å². The van der Waals surface area contributed by atoms with Gasteiger partial charge in [-0.1, -0.05) is 30.7 Å². The van der Waals surface area contributed by atoms with Gasteiger partial charge in [0.15, 0.2) is 0 Å². The van der Waals surface area contributed by atoms with Crippen LogP contribution in [0.1, 0.15) is 25.3 Å². The van der Waals surface area contributed by atoms with Crippen LogP contribution in [0, 0.1) is 5.82 Å². The van der Waals surface area contributed by atoms with Crippen LogP contribution in [0.3, 0.4) is 0 Å². The molecule has 3 rings (SSSR count). The maximum Gasteiger partial charge on any atom is 0.123 e. The highest BCUT2D eigenvalue weighted by atomic mass is 35.5. The maximum atomic E-state index is 13.4. The number of hydrogen-bond acceptors (Lipinski definition) is 3. The molecule has 1 N–H and O–H groups in total. The molecule has 0 bridgehead atoms. The van der Waals surface area contributed by atoms with Crippen LogP contribution in [0.25, 0.3) is 10.9 Å². The number of anilines is 1. The Balaban J connectivity index is 1.55. The average molecular weight is 386 g/mol. The second-order valence-corrected chi connectivity index (χ2v) is 7.14. The summed E-state index contributed by atoms with van der Waals surface area (Å²) < 4.78 is 13.4. The van der Waals surface area contributed by atoms with Crippen molar-refractivity contribution in [1.82, 2.24) is 9.88 Å². The van der Waals surface area contributed by atoms with Gasteiger partial charge in [-0.2, -0.15) is 0 Å². The Kier molecular flexibility index (Phi) is 7.02. The predicted molar refractivity (Wildman–Crippen MR) is 112 cm³/mol. The van der Waals surface area contributed by atoms with Gasteiger partial charge in [-0.25, -0.2) is 4.39 Å². The van der Waals surface area contributed by atoms with Gasteiger partial charge in [0.2, 0.25) is 0 Å². The van der Waals surface area contributed by atoms with E-state index in [1.807, 2.05) is 30.3 Å². The van der Waals surface area contributed by atoms with Gasteiger partial charge in [0, 0.05) is 41.9 Å².